The summed E-state index contributed by atoms with van der Waals surface area (Å²) >= 11 is 5.65. The molecule has 2 rings (SSSR count). The summed E-state index contributed by atoms with van der Waals surface area (Å²) in [6.07, 6.45) is 2.72. The van der Waals surface area contributed by atoms with Crippen LogP contribution in [0.25, 0.3) is 0 Å². The number of aromatic nitrogens is 1. The van der Waals surface area contributed by atoms with E-state index in [0.717, 1.165) is 18.1 Å². The zero-order valence-corrected chi connectivity index (χ0v) is 11.2. The third-order valence-electron chi connectivity index (χ3n) is 2.87. The van der Waals surface area contributed by atoms with Crippen molar-refractivity contribution < 1.29 is 9.18 Å². The Balaban J connectivity index is 2.15. The van der Waals surface area contributed by atoms with Crippen LogP contribution in [0.15, 0.2) is 36.5 Å². The van der Waals surface area contributed by atoms with E-state index >= 15 is 0 Å². The largest absolute Gasteiger partial charge is 0.294 e. The number of Topliss-reactive ketones (excluding diaryl/α,β-unsaturated/α-hetero) is 1. The standard InChI is InChI=1S/C15H13ClFNO/c1-2-10-3-5-12(18-9-10)8-15(19)13-6-4-11(16)7-14(13)17/h3-7,9H,2,8H2,1H3. The molecule has 2 aromatic rings. The molecule has 1 heterocycles. The number of hydrogen-bond donors (Lipinski definition) is 0. The van der Waals surface area contributed by atoms with E-state index in [0.29, 0.717) is 5.69 Å². The van der Waals surface area contributed by atoms with Gasteiger partial charge in [-0.2, -0.15) is 0 Å². The fraction of sp³-hybridized carbons (Fsp3) is 0.200. The van der Waals surface area contributed by atoms with Crippen LogP contribution in [-0.2, 0) is 12.8 Å². The van der Waals surface area contributed by atoms with Crippen LogP contribution < -0.4 is 0 Å². The Morgan fingerprint density at radius 1 is 1.32 bits per heavy atom. The van der Waals surface area contributed by atoms with Gasteiger partial charge in [-0.05, 0) is 36.2 Å². The first-order valence-electron chi connectivity index (χ1n) is 6.02. The maximum atomic E-state index is 13.6. The number of benzene rings is 1. The maximum absolute atomic E-state index is 13.6. The van der Waals surface area contributed by atoms with E-state index in [-0.39, 0.29) is 22.8 Å². The van der Waals surface area contributed by atoms with Gasteiger partial charge in [0.15, 0.2) is 5.78 Å². The first kappa shape index (κ1) is 13.7. The zero-order chi connectivity index (χ0) is 13.8. The Hall–Kier alpha value is -1.74. The molecular weight excluding hydrogens is 265 g/mol. The highest BCUT2D eigenvalue weighted by atomic mass is 35.5. The number of halogens is 2. The topological polar surface area (TPSA) is 30.0 Å². The van der Waals surface area contributed by atoms with Crippen LogP contribution in [0, 0.1) is 5.82 Å². The second-order valence-corrected chi connectivity index (χ2v) is 4.67. The van der Waals surface area contributed by atoms with Gasteiger partial charge in [-0.15, -0.1) is 0 Å². The predicted molar refractivity (Wildman–Crippen MR) is 73.1 cm³/mol. The molecule has 98 valence electrons. The Kier molecular flexibility index (Phi) is 4.27. The lowest BCUT2D eigenvalue weighted by atomic mass is 10.1. The van der Waals surface area contributed by atoms with Crippen molar-refractivity contribution >= 4 is 17.4 Å². The molecule has 0 fully saturated rings. The van der Waals surface area contributed by atoms with Gasteiger partial charge in [0.1, 0.15) is 5.82 Å². The minimum atomic E-state index is -0.595. The molecule has 0 saturated carbocycles. The van der Waals surface area contributed by atoms with Crippen molar-refractivity contribution in [2.75, 3.05) is 0 Å². The van der Waals surface area contributed by atoms with E-state index in [4.69, 9.17) is 11.6 Å². The third-order valence-corrected chi connectivity index (χ3v) is 3.10. The molecule has 1 aromatic carbocycles. The van der Waals surface area contributed by atoms with Gasteiger partial charge in [0.05, 0.1) is 12.0 Å². The van der Waals surface area contributed by atoms with E-state index in [9.17, 15) is 9.18 Å². The predicted octanol–water partition coefficient (Wildman–Crippen LogP) is 3.86. The molecule has 2 nitrogen and oxygen atoms in total. The third kappa shape index (κ3) is 3.38. The summed E-state index contributed by atoms with van der Waals surface area (Å²) < 4.78 is 13.6. The van der Waals surface area contributed by atoms with E-state index < -0.39 is 5.82 Å². The molecule has 1 aromatic heterocycles. The van der Waals surface area contributed by atoms with Crippen molar-refractivity contribution in [1.82, 2.24) is 4.98 Å². The van der Waals surface area contributed by atoms with Crippen LogP contribution in [-0.4, -0.2) is 10.8 Å². The fourth-order valence-electron chi connectivity index (χ4n) is 1.74. The molecule has 0 saturated heterocycles. The molecule has 0 radical (unpaired) electrons. The SMILES string of the molecule is CCc1ccc(CC(=O)c2ccc(Cl)cc2F)nc1. The van der Waals surface area contributed by atoms with E-state index in [1.165, 1.54) is 12.1 Å². The number of rotatable bonds is 4. The molecular formula is C15H13ClFNO. The number of hydrogen-bond acceptors (Lipinski definition) is 2. The van der Waals surface area contributed by atoms with Crippen LogP contribution in [0.1, 0.15) is 28.5 Å². The van der Waals surface area contributed by atoms with Crippen molar-refractivity contribution in [3.63, 3.8) is 0 Å². The van der Waals surface area contributed by atoms with Crippen LogP contribution in [0.5, 0.6) is 0 Å². The number of nitrogens with zero attached hydrogens (tertiary/aromatic N) is 1. The quantitative estimate of drug-likeness (QED) is 0.794. The molecule has 0 bridgehead atoms. The number of ketones is 1. The fourth-order valence-corrected chi connectivity index (χ4v) is 1.90. The molecule has 4 heteroatoms. The molecule has 19 heavy (non-hydrogen) atoms. The second-order valence-electron chi connectivity index (χ2n) is 4.24. The summed E-state index contributed by atoms with van der Waals surface area (Å²) in [5.41, 5.74) is 1.79. The van der Waals surface area contributed by atoms with E-state index in [2.05, 4.69) is 4.98 Å². The highest BCUT2D eigenvalue weighted by molar-refractivity contribution is 6.30. The second kappa shape index (κ2) is 5.93. The van der Waals surface area contributed by atoms with Crippen molar-refractivity contribution in [3.8, 4) is 0 Å². The highest BCUT2D eigenvalue weighted by Crippen LogP contribution is 2.16. The van der Waals surface area contributed by atoms with Gasteiger partial charge in [-0.1, -0.05) is 24.6 Å². The van der Waals surface area contributed by atoms with Gasteiger partial charge in [0, 0.05) is 16.9 Å². The van der Waals surface area contributed by atoms with Crippen molar-refractivity contribution in [1.29, 1.82) is 0 Å². The van der Waals surface area contributed by atoms with Crippen molar-refractivity contribution in [3.05, 3.63) is 64.2 Å². The Morgan fingerprint density at radius 2 is 2.11 bits per heavy atom. The summed E-state index contributed by atoms with van der Waals surface area (Å²) in [5.74, 6) is -0.895. The average molecular weight is 278 g/mol. The summed E-state index contributed by atoms with van der Waals surface area (Å²) in [6.45, 7) is 2.03. The lowest BCUT2D eigenvalue weighted by Gasteiger charge is -2.04. The first-order chi connectivity index (χ1) is 9.10. The van der Waals surface area contributed by atoms with Crippen molar-refractivity contribution in [2.45, 2.75) is 19.8 Å². The van der Waals surface area contributed by atoms with Gasteiger partial charge in [-0.25, -0.2) is 4.39 Å². The molecule has 0 aliphatic heterocycles. The normalized spacial score (nSPS) is 10.5. The summed E-state index contributed by atoms with van der Waals surface area (Å²) in [5, 5.41) is 0.277. The number of pyridine rings is 1. The molecule has 0 unspecified atom stereocenters. The lowest BCUT2D eigenvalue weighted by Crippen LogP contribution is -2.07. The summed E-state index contributed by atoms with van der Waals surface area (Å²) in [6, 6.07) is 7.77. The number of aryl methyl sites for hydroxylation is 1. The van der Waals surface area contributed by atoms with Gasteiger partial charge in [0.2, 0.25) is 0 Å². The maximum Gasteiger partial charge on any atom is 0.171 e. The van der Waals surface area contributed by atoms with Crippen molar-refractivity contribution in [2.24, 2.45) is 0 Å². The number of carbonyl (C=O) groups excluding carboxylic acids is 1. The molecule has 0 spiro atoms. The minimum absolute atomic E-state index is 0.0470. The summed E-state index contributed by atoms with van der Waals surface area (Å²) in [7, 11) is 0. The molecule has 0 N–H and O–H groups in total. The van der Waals surface area contributed by atoms with Crippen LogP contribution >= 0.6 is 11.6 Å². The average Bonchev–Trinajstić information content (AvgIpc) is 2.39. The monoisotopic (exact) mass is 277 g/mol. The smallest absolute Gasteiger partial charge is 0.171 e. The Labute approximate surface area is 116 Å². The molecule has 0 amide bonds. The number of carbonyl (C=O) groups is 1. The van der Waals surface area contributed by atoms with Gasteiger partial charge in [-0.3, -0.25) is 9.78 Å². The Morgan fingerprint density at radius 3 is 2.68 bits per heavy atom. The van der Waals surface area contributed by atoms with Gasteiger partial charge in [0.25, 0.3) is 0 Å². The van der Waals surface area contributed by atoms with Crippen LogP contribution in [0.4, 0.5) is 4.39 Å². The zero-order valence-electron chi connectivity index (χ0n) is 10.5. The first-order valence-corrected chi connectivity index (χ1v) is 6.40. The van der Waals surface area contributed by atoms with E-state index in [1.54, 1.807) is 12.3 Å². The summed E-state index contributed by atoms with van der Waals surface area (Å²) in [4.78, 5) is 16.2. The molecule has 0 atom stereocenters. The highest BCUT2D eigenvalue weighted by Gasteiger charge is 2.13. The van der Waals surface area contributed by atoms with Gasteiger partial charge >= 0.3 is 0 Å². The van der Waals surface area contributed by atoms with E-state index in [1.807, 2.05) is 13.0 Å². The molecule has 0 aliphatic rings. The van der Waals surface area contributed by atoms with Gasteiger partial charge < -0.3 is 0 Å². The molecule has 0 aliphatic carbocycles. The Bertz CT molecular complexity index is 596. The lowest BCUT2D eigenvalue weighted by molar-refractivity contribution is 0.0988. The van der Waals surface area contributed by atoms with Crippen LogP contribution in [0.2, 0.25) is 5.02 Å². The van der Waals surface area contributed by atoms with Crippen LogP contribution in [0.3, 0.4) is 0 Å². The minimum Gasteiger partial charge on any atom is -0.294 e.